The number of nitrogens with zero attached hydrogens (tertiary/aromatic N) is 1. The lowest BCUT2D eigenvalue weighted by atomic mass is 10.1. The summed E-state index contributed by atoms with van der Waals surface area (Å²) in [5.41, 5.74) is 1.12. The average molecular weight is 460 g/mol. The van der Waals surface area contributed by atoms with Crippen LogP contribution < -0.4 is 9.88 Å². The second-order valence-corrected chi connectivity index (χ2v) is 8.56. The Labute approximate surface area is 197 Å². The van der Waals surface area contributed by atoms with E-state index in [1.165, 1.54) is 51.4 Å². The van der Waals surface area contributed by atoms with Crippen molar-refractivity contribution in [1.29, 1.82) is 0 Å². The fraction of sp³-hybridized carbons (Fsp3) is 0.500. The summed E-state index contributed by atoms with van der Waals surface area (Å²) < 4.78 is 7.02. The van der Waals surface area contributed by atoms with Crippen LogP contribution in [0.15, 0.2) is 48.8 Å². The van der Waals surface area contributed by atoms with Crippen molar-refractivity contribution >= 4 is 29.2 Å². The van der Waals surface area contributed by atoms with E-state index in [9.17, 15) is 9.59 Å². The fourth-order valence-corrected chi connectivity index (χ4v) is 3.59. The number of hydrogen-bond acceptors (Lipinski definition) is 3. The Balaban J connectivity index is 1.62. The highest BCUT2D eigenvalue weighted by atomic mass is 35.5. The predicted octanol–water partition coefficient (Wildman–Crippen LogP) is 6.34. The number of hydrogen-bond donors (Lipinski definition) is 1. The van der Waals surface area contributed by atoms with E-state index in [0.29, 0.717) is 22.9 Å². The van der Waals surface area contributed by atoms with Crippen LogP contribution in [0.1, 0.15) is 81.5 Å². The topological polar surface area (TPSA) is 59.3 Å². The quantitative estimate of drug-likeness (QED) is 0.192. The summed E-state index contributed by atoms with van der Waals surface area (Å²) in [6.45, 7) is 2.78. The number of ether oxygens (including phenoxy) is 1. The standard InChI is InChI=1S/C26H35ClN2O3/c1-2-3-4-5-6-7-8-9-10-11-19-32-25(30)21-29-18-12-13-22(20-29)26(31)28-24-16-14-23(27)15-17-24/h12-18,20H,2-11,19,21H2,1H3/p+1. The second-order valence-electron chi connectivity index (χ2n) is 8.13. The van der Waals surface area contributed by atoms with Crippen molar-refractivity contribution in [2.24, 2.45) is 0 Å². The Morgan fingerprint density at radius 2 is 1.53 bits per heavy atom. The molecule has 6 heteroatoms. The Bertz CT molecular complexity index is 824. The van der Waals surface area contributed by atoms with E-state index < -0.39 is 0 Å². The van der Waals surface area contributed by atoms with Gasteiger partial charge in [-0.15, -0.1) is 0 Å². The summed E-state index contributed by atoms with van der Waals surface area (Å²) in [5.74, 6) is -0.540. The maximum atomic E-state index is 12.4. The first kappa shape index (κ1) is 25.9. The molecule has 0 radical (unpaired) electrons. The lowest BCUT2D eigenvalue weighted by molar-refractivity contribution is -0.686. The molecule has 32 heavy (non-hydrogen) atoms. The zero-order chi connectivity index (χ0) is 23.0. The molecule has 1 heterocycles. The third-order valence-corrected chi connectivity index (χ3v) is 5.55. The number of rotatable bonds is 15. The Morgan fingerprint density at radius 1 is 0.906 bits per heavy atom. The molecular weight excluding hydrogens is 424 g/mol. The summed E-state index contributed by atoms with van der Waals surface area (Å²) in [5, 5.41) is 3.42. The molecule has 1 amide bonds. The van der Waals surface area contributed by atoms with E-state index in [1.54, 1.807) is 53.4 Å². The summed E-state index contributed by atoms with van der Waals surface area (Å²) >= 11 is 5.87. The maximum Gasteiger partial charge on any atom is 0.372 e. The van der Waals surface area contributed by atoms with Crippen LogP contribution in [0.2, 0.25) is 5.02 Å². The molecule has 0 aliphatic carbocycles. The molecule has 0 bridgehead atoms. The van der Waals surface area contributed by atoms with Crippen molar-refractivity contribution < 1.29 is 18.9 Å². The maximum absolute atomic E-state index is 12.4. The third-order valence-electron chi connectivity index (χ3n) is 5.30. The van der Waals surface area contributed by atoms with Gasteiger partial charge in [-0.05, 0) is 36.8 Å². The minimum absolute atomic E-state index is 0.0832. The van der Waals surface area contributed by atoms with Gasteiger partial charge in [-0.2, -0.15) is 4.57 Å². The van der Waals surface area contributed by atoms with E-state index in [0.717, 1.165) is 12.8 Å². The van der Waals surface area contributed by atoms with Crippen molar-refractivity contribution in [2.75, 3.05) is 11.9 Å². The molecule has 1 N–H and O–H groups in total. The number of halogens is 1. The number of pyridine rings is 1. The Kier molecular flexibility index (Phi) is 12.5. The summed E-state index contributed by atoms with van der Waals surface area (Å²) in [6.07, 6.45) is 15.9. The number of carbonyl (C=O) groups is 2. The van der Waals surface area contributed by atoms with Crippen molar-refractivity contribution in [3.8, 4) is 0 Å². The van der Waals surface area contributed by atoms with Gasteiger partial charge in [-0.3, -0.25) is 4.79 Å². The molecule has 2 rings (SSSR count). The van der Waals surface area contributed by atoms with E-state index in [2.05, 4.69) is 12.2 Å². The number of aromatic nitrogens is 1. The van der Waals surface area contributed by atoms with Gasteiger partial charge in [0.2, 0.25) is 6.54 Å². The lowest BCUT2D eigenvalue weighted by Gasteiger charge is -2.06. The minimum Gasteiger partial charge on any atom is -0.461 e. The highest BCUT2D eigenvalue weighted by molar-refractivity contribution is 6.30. The zero-order valence-electron chi connectivity index (χ0n) is 19.2. The summed E-state index contributed by atoms with van der Waals surface area (Å²) in [4.78, 5) is 24.6. The van der Waals surface area contributed by atoms with E-state index in [4.69, 9.17) is 16.3 Å². The fourth-order valence-electron chi connectivity index (χ4n) is 3.46. The highest BCUT2D eigenvalue weighted by Crippen LogP contribution is 2.14. The predicted molar refractivity (Wildman–Crippen MR) is 129 cm³/mol. The molecule has 0 aliphatic heterocycles. The molecule has 2 aromatic rings. The van der Waals surface area contributed by atoms with Crippen molar-refractivity contribution in [3.63, 3.8) is 0 Å². The van der Waals surface area contributed by atoms with E-state index in [-0.39, 0.29) is 18.4 Å². The molecule has 0 unspecified atom stereocenters. The van der Waals surface area contributed by atoms with Crippen LogP contribution in [0.25, 0.3) is 0 Å². The number of unbranched alkanes of at least 4 members (excludes halogenated alkanes) is 9. The molecule has 0 aliphatic rings. The zero-order valence-corrected chi connectivity index (χ0v) is 19.9. The molecule has 5 nitrogen and oxygen atoms in total. The molecule has 1 aromatic carbocycles. The van der Waals surface area contributed by atoms with Crippen LogP contribution in [0.3, 0.4) is 0 Å². The van der Waals surface area contributed by atoms with Gasteiger partial charge in [-0.1, -0.05) is 76.3 Å². The molecule has 1 aromatic heterocycles. The Morgan fingerprint density at radius 3 is 2.19 bits per heavy atom. The van der Waals surface area contributed by atoms with Crippen LogP contribution in [0, 0.1) is 0 Å². The van der Waals surface area contributed by atoms with Crippen LogP contribution in [-0.2, 0) is 16.1 Å². The number of benzene rings is 1. The SMILES string of the molecule is CCCCCCCCCCCCOC(=O)C[n+]1cccc(C(=O)Nc2ccc(Cl)cc2)c1. The van der Waals surface area contributed by atoms with Crippen LogP contribution in [-0.4, -0.2) is 18.5 Å². The van der Waals surface area contributed by atoms with Gasteiger partial charge in [0, 0.05) is 16.8 Å². The molecule has 0 saturated carbocycles. The first-order valence-corrected chi connectivity index (χ1v) is 12.2. The van der Waals surface area contributed by atoms with E-state index in [1.807, 2.05) is 0 Å². The van der Waals surface area contributed by atoms with Crippen LogP contribution in [0.5, 0.6) is 0 Å². The molecular formula is C26H36ClN2O3+. The number of nitrogens with one attached hydrogen (secondary N) is 1. The minimum atomic E-state index is -0.291. The lowest BCUT2D eigenvalue weighted by Crippen LogP contribution is -2.39. The van der Waals surface area contributed by atoms with Gasteiger partial charge < -0.3 is 10.1 Å². The summed E-state index contributed by atoms with van der Waals surface area (Å²) in [6, 6.07) is 10.4. The molecule has 0 spiro atoms. The number of amides is 1. The first-order valence-electron chi connectivity index (χ1n) is 11.8. The van der Waals surface area contributed by atoms with Crippen molar-refractivity contribution in [2.45, 2.75) is 77.7 Å². The normalized spacial score (nSPS) is 10.7. The van der Waals surface area contributed by atoms with Gasteiger partial charge in [0.1, 0.15) is 5.56 Å². The molecule has 0 atom stereocenters. The van der Waals surface area contributed by atoms with Crippen molar-refractivity contribution in [1.82, 2.24) is 0 Å². The van der Waals surface area contributed by atoms with Gasteiger partial charge in [-0.25, -0.2) is 4.79 Å². The smallest absolute Gasteiger partial charge is 0.372 e. The largest absolute Gasteiger partial charge is 0.461 e. The molecule has 0 saturated heterocycles. The number of anilines is 1. The van der Waals surface area contributed by atoms with Crippen LogP contribution in [0.4, 0.5) is 5.69 Å². The van der Waals surface area contributed by atoms with Gasteiger partial charge in [0.25, 0.3) is 5.91 Å². The number of esters is 1. The van der Waals surface area contributed by atoms with Gasteiger partial charge >= 0.3 is 5.97 Å². The van der Waals surface area contributed by atoms with Gasteiger partial charge in [0.15, 0.2) is 12.4 Å². The van der Waals surface area contributed by atoms with Gasteiger partial charge in [0.05, 0.1) is 6.61 Å². The molecule has 0 fully saturated rings. The van der Waals surface area contributed by atoms with E-state index >= 15 is 0 Å². The second kappa shape index (κ2) is 15.4. The average Bonchev–Trinajstić information content (AvgIpc) is 2.79. The molecule has 174 valence electrons. The third kappa shape index (κ3) is 10.8. The Hall–Kier alpha value is -2.40. The van der Waals surface area contributed by atoms with Crippen LogP contribution >= 0.6 is 11.6 Å². The van der Waals surface area contributed by atoms with Crippen molar-refractivity contribution in [3.05, 3.63) is 59.4 Å². The summed E-state index contributed by atoms with van der Waals surface area (Å²) in [7, 11) is 0. The highest BCUT2D eigenvalue weighted by Gasteiger charge is 2.15. The monoisotopic (exact) mass is 459 g/mol. The first-order chi connectivity index (χ1) is 15.6. The number of carbonyl (C=O) groups excluding carboxylic acids is 2.